The number of ketones is 1. The standard InChI is InChI=1S/C20H20N4O4S2/c25-17(18-7-4-10-29-18)8-9-19(26)21-20-15-11-24(12-16(15)22-23-20)30(27,28)13-14-5-2-1-3-6-14/h1-7,10H,8-9,11-13H2,(H2,21,22,23,26). The van der Waals surface area contributed by atoms with Crippen LogP contribution in [0.25, 0.3) is 0 Å². The molecule has 10 heteroatoms. The van der Waals surface area contributed by atoms with Gasteiger partial charge in [-0.3, -0.25) is 14.7 Å². The van der Waals surface area contributed by atoms with Crippen LogP contribution in [0.2, 0.25) is 0 Å². The highest BCUT2D eigenvalue weighted by Gasteiger charge is 2.33. The molecule has 0 spiro atoms. The predicted molar refractivity (Wildman–Crippen MR) is 113 cm³/mol. The molecule has 0 saturated carbocycles. The molecule has 0 bridgehead atoms. The lowest BCUT2D eigenvalue weighted by molar-refractivity contribution is -0.116. The molecule has 1 aromatic carbocycles. The maximum atomic E-state index is 12.8. The Morgan fingerprint density at radius 3 is 2.63 bits per heavy atom. The van der Waals surface area contributed by atoms with E-state index < -0.39 is 10.0 Å². The van der Waals surface area contributed by atoms with Crippen molar-refractivity contribution >= 4 is 38.9 Å². The van der Waals surface area contributed by atoms with E-state index in [4.69, 9.17) is 0 Å². The Bertz CT molecular complexity index is 1150. The molecule has 30 heavy (non-hydrogen) atoms. The fourth-order valence-electron chi connectivity index (χ4n) is 3.27. The minimum absolute atomic E-state index is 0.0361. The third-order valence-electron chi connectivity index (χ3n) is 4.84. The second-order valence-corrected chi connectivity index (χ2v) is 9.90. The Hall–Kier alpha value is -2.82. The first-order valence-electron chi connectivity index (χ1n) is 9.37. The molecule has 2 aromatic heterocycles. The number of sulfonamides is 1. The number of H-pyrrole nitrogens is 1. The Labute approximate surface area is 178 Å². The molecular weight excluding hydrogens is 424 g/mol. The summed E-state index contributed by atoms with van der Waals surface area (Å²) in [6.07, 6.45) is 0.144. The monoisotopic (exact) mass is 444 g/mol. The van der Waals surface area contributed by atoms with Gasteiger partial charge in [0.1, 0.15) is 0 Å². The largest absolute Gasteiger partial charge is 0.309 e. The molecule has 0 aliphatic carbocycles. The van der Waals surface area contributed by atoms with Gasteiger partial charge in [0.2, 0.25) is 15.9 Å². The summed E-state index contributed by atoms with van der Waals surface area (Å²) >= 11 is 1.35. The summed E-state index contributed by atoms with van der Waals surface area (Å²) in [5, 5.41) is 11.4. The van der Waals surface area contributed by atoms with E-state index in [-0.39, 0.29) is 43.4 Å². The van der Waals surface area contributed by atoms with Crippen molar-refractivity contribution in [3.63, 3.8) is 0 Å². The molecule has 8 nitrogen and oxygen atoms in total. The zero-order chi connectivity index (χ0) is 21.1. The lowest BCUT2D eigenvalue weighted by Crippen LogP contribution is -2.27. The van der Waals surface area contributed by atoms with Crippen molar-refractivity contribution in [2.45, 2.75) is 31.7 Å². The third-order valence-corrected chi connectivity index (χ3v) is 7.49. The summed E-state index contributed by atoms with van der Waals surface area (Å²) in [4.78, 5) is 24.9. The second kappa shape index (κ2) is 8.50. The van der Waals surface area contributed by atoms with Crippen LogP contribution in [0.5, 0.6) is 0 Å². The molecule has 156 valence electrons. The van der Waals surface area contributed by atoms with E-state index in [1.54, 1.807) is 36.4 Å². The molecule has 1 aliphatic rings. The average molecular weight is 445 g/mol. The Morgan fingerprint density at radius 2 is 1.90 bits per heavy atom. The van der Waals surface area contributed by atoms with Crippen molar-refractivity contribution in [3.05, 3.63) is 69.5 Å². The summed E-state index contributed by atoms with van der Waals surface area (Å²) in [5.74, 6) is -0.181. The van der Waals surface area contributed by atoms with Crippen molar-refractivity contribution in [3.8, 4) is 0 Å². The van der Waals surface area contributed by atoms with Gasteiger partial charge in [0.15, 0.2) is 11.6 Å². The van der Waals surface area contributed by atoms with E-state index in [0.29, 0.717) is 22.0 Å². The number of aromatic amines is 1. The number of carbonyl (C=O) groups is 2. The summed E-state index contributed by atoms with van der Waals surface area (Å²) in [6.45, 7) is 0.328. The number of benzene rings is 1. The highest BCUT2D eigenvalue weighted by molar-refractivity contribution is 7.88. The first-order chi connectivity index (χ1) is 14.4. The number of carbonyl (C=O) groups excluding carboxylic acids is 2. The molecular formula is C20H20N4O4S2. The Morgan fingerprint density at radius 1 is 1.10 bits per heavy atom. The van der Waals surface area contributed by atoms with Gasteiger partial charge in [0.05, 0.1) is 22.9 Å². The highest BCUT2D eigenvalue weighted by Crippen LogP contribution is 2.30. The van der Waals surface area contributed by atoms with Gasteiger partial charge in [-0.05, 0) is 17.0 Å². The minimum Gasteiger partial charge on any atom is -0.309 e. The van der Waals surface area contributed by atoms with Crippen molar-refractivity contribution in [2.24, 2.45) is 0 Å². The smallest absolute Gasteiger partial charge is 0.226 e. The molecule has 0 atom stereocenters. The summed E-state index contributed by atoms with van der Waals surface area (Å²) in [7, 11) is -3.51. The second-order valence-electron chi connectivity index (χ2n) is 6.99. The van der Waals surface area contributed by atoms with Gasteiger partial charge in [-0.2, -0.15) is 9.40 Å². The highest BCUT2D eigenvalue weighted by atomic mass is 32.2. The van der Waals surface area contributed by atoms with E-state index in [1.165, 1.54) is 15.6 Å². The molecule has 0 unspecified atom stereocenters. The zero-order valence-corrected chi connectivity index (χ0v) is 17.6. The molecule has 0 fully saturated rings. The van der Waals surface area contributed by atoms with Gasteiger partial charge in [-0.1, -0.05) is 36.4 Å². The number of nitrogens with one attached hydrogen (secondary N) is 2. The SMILES string of the molecule is O=C(CCC(=O)c1cccs1)Nc1n[nH]c2c1CN(S(=O)(=O)Cc1ccccc1)C2. The number of fused-ring (bicyclic) bond motifs is 1. The van der Waals surface area contributed by atoms with Gasteiger partial charge in [0.25, 0.3) is 0 Å². The molecule has 1 aliphatic heterocycles. The first-order valence-corrected chi connectivity index (χ1v) is 11.9. The lowest BCUT2D eigenvalue weighted by Gasteiger charge is -2.16. The molecule has 0 radical (unpaired) electrons. The van der Waals surface area contributed by atoms with Crippen LogP contribution in [0, 0.1) is 0 Å². The van der Waals surface area contributed by atoms with Crippen LogP contribution in [-0.2, 0) is 33.7 Å². The van der Waals surface area contributed by atoms with E-state index >= 15 is 0 Å². The van der Waals surface area contributed by atoms with Crippen LogP contribution in [0.15, 0.2) is 47.8 Å². The number of thiophene rings is 1. The number of hydrogen-bond acceptors (Lipinski definition) is 6. The molecule has 0 saturated heterocycles. The van der Waals surface area contributed by atoms with Gasteiger partial charge in [-0.15, -0.1) is 11.3 Å². The van der Waals surface area contributed by atoms with Gasteiger partial charge < -0.3 is 5.32 Å². The molecule has 1 amide bonds. The van der Waals surface area contributed by atoms with Crippen LogP contribution in [0.3, 0.4) is 0 Å². The topological polar surface area (TPSA) is 112 Å². The Balaban J connectivity index is 1.36. The number of rotatable bonds is 8. The van der Waals surface area contributed by atoms with Crippen molar-refractivity contribution in [1.29, 1.82) is 0 Å². The van der Waals surface area contributed by atoms with E-state index in [0.717, 1.165) is 5.56 Å². The predicted octanol–water partition coefficient (Wildman–Crippen LogP) is 2.92. The van der Waals surface area contributed by atoms with Crippen molar-refractivity contribution in [2.75, 3.05) is 5.32 Å². The van der Waals surface area contributed by atoms with Crippen LogP contribution in [0.1, 0.15) is 39.3 Å². The van der Waals surface area contributed by atoms with E-state index in [1.807, 2.05) is 11.4 Å². The zero-order valence-electron chi connectivity index (χ0n) is 16.0. The normalized spacial score (nSPS) is 13.9. The average Bonchev–Trinajstić information content (AvgIpc) is 3.45. The lowest BCUT2D eigenvalue weighted by atomic mass is 10.2. The fourth-order valence-corrected chi connectivity index (χ4v) is 5.41. The minimum atomic E-state index is -3.51. The van der Waals surface area contributed by atoms with Crippen molar-refractivity contribution in [1.82, 2.24) is 14.5 Å². The summed E-state index contributed by atoms with van der Waals surface area (Å²) < 4.78 is 26.9. The van der Waals surface area contributed by atoms with Gasteiger partial charge in [-0.25, -0.2) is 8.42 Å². The molecule has 3 heterocycles. The third kappa shape index (κ3) is 4.50. The van der Waals surface area contributed by atoms with Gasteiger partial charge in [0, 0.05) is 24.9 Å². The number of hydrogen-bond donors (Lipinski definition) is 2. The van der Waals surface area contributed by atoms with Crippen LogP contribution < -0.4 is 5.32 Å². The first kappa shape index (κ1) is 20.5. The molecule has 2 N–H and O–H groups in total. The van der Waals surface area contributed by atoms with Crippen molar-refractivity contribution < 1.29 is 18.0 Å². The fraction of sp³-hybridized carbons (Fsp3) is 0.250. The number of Topliss-reactive ketones (excluding diaryl/α,β-unsaturated/α-hetero) is 1. The maximum absolute atomic E-state index is 12.8. The van der Waals surface area contributed by atoms with E-state index in [9.17, 15) is 18.0 Å². The molecule has 4 rings (SSSR count). The van der Waals surface area contributed by atoms with Crippen LogP contribution in [0.4, 0.5) is 5.82 Å². The molecule has 3 aromatic rings. The van der Waals surface area contributed by atoms with Crippen LogP contribution >= 0.6 is 11.3 Å². The quantitative estimate of drug-likeness (QED) is 0.519. The number of nitrogens with zero attached hydrogens (tertiary/aromatic N) is 2. The maximum Gasteiger partial charge on any atom is 0.226 e. The summed E-state index contributed by atoms with van der Waals surface area (Å²) in [5.41, 5.74) is 2.04. The number of amides is 1. The number of aromatic nitrogens is 2. The van der Waals surface area contributed by atoms with Crippen LogP contribution in [-0.4, -0.2) is 34.6 Å². The number of anilines is 1. The Kier molecular flexibility index (Phi) is 5.80. The van der Waals surface area contributed by atoms with E-state index in [2.05, 4.69) is 15.5 Å². The van der Waals surface area contributed by atoms with Gasteiger partial charge >= 0.3 is 0 Å². The summed E-state index contributed by atoms with van der Waals surface area (Å²) in [6, 6.07) is 12.5.